The van der Waals surface area contributed by atoms with Crippen LogP contribution < -0.4 is 0 Å². The van der Waals surface area contributed by atoms with Crippen molar-refractivity contribution in [2.75, 3.05) is 13.2 Å². The van der Waals surface area contributed by atoms with E-state index >= 15 is 0 Å². The molecule has 1 aromatic heterocycles. The Labute approximate surface area is 274 Å². The van der Waals surface area contributed by atoms with Crippen LogP contribution in [0, 0.1) is 17.3 Å². The van der Waals surface area contributed by atoms with Crippen molar-refractivity contribution in [1.29, 1.82) is 0 Å². The van der Waals surface area contributed by atoms with E-state index in [0.717, 1.165) is 36.0 Å². The van der Waals surface area contributed by atoms with Gasteiger partial charge in [-0.3, -0.25) is 0 Å². The molecule has 3 aromatic carbocycles. The average Bonchev–Trinajstić information content (AvgIpc) is 3.63. The number of hydrogen-bond acceptors (Lipinski definition) is 6. The van der Waals surface area contributed by atoms with Crippen LogP contribution in [0.25, 0.3) is 10.9 Å². The zero-order chi connectivity index (χ0) is 32.8. The van der Waals surface area contributed by atoms with Gasteiger partial charge in [0.1, 0.15) is 13.2 Å². The lowest BCUT2D eigenvalue weighted by Crippen LogP contribution is -2.55. The molecule has 0 spiro atoms. The van der Waals surface area contributed by atoms with Crippen molar-refractivity contribution >= 4 is 28.8 Å². The Morgan fingerprint density at radius 1 is 0.957 bits per heavy atom. The molecule has 47 heavy (non-hydrogen) atoms. The number of benzene rings is 3. The SMILES string of the molecule is C=C1CC[C@H]2[C@@](C)(Cc3c([nH]c4ccccc34)[C@@]2(C)COC(=O)c2ccccc2)[C@@H]1C/C=C1/C(=O)OC[C@H]1OC(=O)c1ccccc1. The van der Waals surface area contributed by atoms with Crippen molar-refractivity contribution in [3.8, 4) is 0 Å². The molecular formula is C40H39NO6. The molecule has 1 saturated carbocycles. The summed E-state index contributed by atoms with van der Waals surface area (Å²) in [7, 11) is 0. The Hall–Kier alpha value is -4.91. The molecule has 0 radical (unpaired) electrons. The number of carbonyl (C=O) groups excluding carboxylic acids is 3. The van der Waals surface area contributed by atoms with Crippen LogP contribution in [0.2, 0.25) is 0 Å². The Bertz CT molecular complexity index is 1890. The summed E-state index contributed by atoms with van der Waals surface area (Å²) in [6, 6.07) is 26.2. The number of aromatic amines is 1. The maximum Gasteiger partial charge on any atom is 0.338 e. The minimum atomic E-state index is -0.773. The predicted octanol–water partition coefficient (Wildman–Crippen LogP) is 7.53. The number of carbonyl (C=O) groups is 3. The second-order valence-electron chi connectivity index (χ2n) is 13.6. The van der Waals surface area contributed by atoms with Crippen molar-refractivity contribution in [2.45, 2.75) is 51.0 Å². The summed E-state index contributed by atoms with van der Waals surface area (Å²) >= 11 is 0. The molecule has 2 heterocycles. The Balaban J connectivity index is 1.22. The zero-order valence-electron chi connectivity index (χ0n) is 26.8. The van der Waals surface area contributed by atoms with E-state index in [1.807, 2.05) is 36.4 Å². The molecule has 0 bridgehead atoms. The van der Waals surface area contributed by atoms with Gasteiger partial charge in [-0.1, -0.05) is 86.7 Å². The largest absolute Gasteiger partial charge is 0.461 e. The number of cyclic esters (lactones) is 1. The van der Waals surface area contributed by atoms with Gasteiger partial charge in [0.25, 0.3) is 0 Å². The van der Waals surface area contributed by atoms with Gasteiger partial charge in [-0.25, -0.2) is 14.4 Å². The van der Waals surface area contributed by atoms with Gasteiger partial charge in [-0.15, -0.1) is 0 Å². The van der Waals surface area contributed by atoms with Crippen molar-refractivity contribution < 1.29 is 28.6 Å². The van der Waals surface area contributed by atoms with Crippen LogP contribution in [0.15, 0.2) is 109 Å². The summed E-state index contributed by atoms with van der Waals surface area (Å²) in [5, 5.41) is 1.17. The molecule has 7 nitrogen and oxygen atoms in total. The number of aromatic nitrogens is 1. The molecule has 1 N–H and O–H groups in total. The first-order valence-electron chi connectivity index (χ1n) is 16.3. The fourth-order valence-corrected chi connectivity index (χ4v) is 8.53. The quantitative estimate of drug-likeness (QED) is 0.0983. The number of para-hydroxylation sites is 1. The lowest BCUT2D eigenvalue weighted by molar-refractivity contribution is -0.135. The van der Waals surface area contributed by atoms with Crippen LogP contribution in [0.4, 0.5) is 0 Å². The van der Waals surface area contributed by atoms with Gasteiger partial charge >= 0.3 is 17.9 Å². The van der Waals surface area contributed by atoms with Gasteiger partial charge in [-0.2, -0.15) is 0 Å². The molecule has 3 aliphatic rings. The smallest absolute Gasteiger partial charge is 0.338 e. The molecule has 5 atom stereocenters. The van der Waals surface area contributed by atoms with E-state index in [0.29, 0.717) is 23.1 Å². The summed E-state index contributed by atoms with van der Waals surface area (Å²) in [6.45, 7) is 9.32. The van der Waals surface area contributed by atoms with E-state index in [1.54, 1.807) is 36.4 Å². The highest BCUT2D eigenvalue weighted by molar-refractivity contribution is 5.94. The number of rotatable bonds is 7. The van der Waals surface area contributed by atoms with Crippen LogP contribution in [-0.4, -0.2) is 42.2 Å². The standard InChI is InChI=1S/C40H39NO6/c1-25-18-21-34-39(2,31(25)20-19-29-33(23-45-38(29)44)47-37(43)27-14-8-5-9-15-27)22-30-28-16-10-11-17-32(28)41-35(30)40(34,3)24-46-36(42)26-12-6-4-7-13-26/h4-17,19,31,33-34,41H,1,18,20-24H2,2-3H3/b29-19+/t31-,33-,34+,39+,40+/m1/s1. The maximum atomic E-state index is 13.2. The number of ether oxygens (including phenoxy) is 3. The fraction of sp³-hybridized carbons (Fsp3) is 0.325. The van der Waals surface area contributed by atoms with Crippen molar-refractivity contribution in [3.05, 3.63) is 131 Å². The van der Waals surface area contributed by atoms with Crippen molar-refractivity contribution in [2.24, 2.45) is 17.3 Å². The Morgan fingerprint density at radius 2 is 1.62 bits per heavy atom. The first kappa shape index (κ1) is 30.7. The van der Waals surface area contributed by atoms with Crippen LogP contribution >= 0.6 is 0 Å². The normalized spacial score (nSPS) is 27.6. The number of nitrogens with one attached hydrogen (secondary N) is 1. The lowest BCUT2D eigenvalue weighted by Gasteiger charge is -2.58. The summed E-state index contributed by atoms with van der Waals surface area (Å²) in [5.74, 6) is -1.11. The van der Waals surface area contributed by atoms with Crippen LogP contribution in [0.3, 0.4) is 0 Å². The van der Waals surface area contributed by atoms with Crippen molar-refractivity contribution in [1.82, 2.24) is 4.98 Å². The molecule has 2 fully saturated rings. The molecule has 2 aliphatic carbocycles. The van der Waals surface area contributed by atoms with Crippen molar-refractivity contribution in [3.63, 3.8) is 0 Å². The summed E-state index contributed by atoms with van der Waals surface area (Å²) < 4.78 is 17.2. The molecule has 1 saturated heterocycles. The third-order valence-corrected chi connectivity index (χ3v) is 10.8. The highest BCUT2D eigenvalue weighted by atomic mass is 16.6. The summed E-state index contributed by atoms with van der Waals surface area (Å²) in [5.41, 5.74) is 5.11. The van der Waals surface area contributed by atoms with Gasteiger partial charge in [0.15, 0.2) is 6.10 Å². The zero-order valence-corrected chi connectivity index (χ0v) is 26.8. The molecule has 7 heteroatoms. The van der Waals surface area contributed by atoms with Gasteiger partial charge in [0.05, 0.1) is 16.7 Å². The van der Waals surface area contributed by atoms with E-state index in [9.17, 15) is 14.4 Å². The Kier molecular flexibility index (Phi) is 7.87. The summed E-state index contributed by atoms with van der Waals surface area (Å²) in [4.78, 5) is 42.7. The van der Waals surface area contributed by atoms with Crippen LogP contribution in [0.5, 0.6) is 0 Å². The average molecular weight is 630 g/mol. The molecular weight excluding hydrogens is 590 g/mol. The van der Waals surface area contributed by atoms with E-state index in [2.05, 4.69) is 43.6 Å². The molecule has 1 aliphatic heterocycles. The fourth-order valence-electron chi connectivity index (χ4n) is 8.53. The molecule has 7 rings (SSSR count). The maximum absolute atomic E-state index is 13.2. The minimum Gasteiger partial charge on any atom is -0.461 e. The van der Waals surface area contributed by atoms with Gasteiger partial charge in [-0.05, 0) is 78.8 Å². The summed E-state index contributed by atoms with van der Waals surface area (Å²) in [6.07, 6.45) is 4.21. The lowest BCUT2D eigenvalue weighted by atomic mass is 9.46. The highest BCUT2D eigenvalue weighted by Crippen LogP contribution is 2.61. The second kappa shape index (κ2) is 12.0. The van der Waals surface area contributed by atoms with Gasteiger partial charge in [0, 0.05) is 22.0 Å². The molecule has 240 valence electrons. The number of esters is 3. The van der Waals surface area contributed by atoms with Crippen LogP contribution in [0.1, 0.15) is 65.1 Å². The third kappa shape index (κ3) is 5.37. The number of fused-ring (bicyclic) bond motifs is 4. The van der Waals surface area contributed by atoms with E-state index in [1.165, 1.54) is 10.9 Å². The molecule has 4 aromatic rings. The molecule has 0 unspecified atom stereocenters. The van der Waals surface area contributed by atoms with Crippen LogP contribution in [-0.2, 0) is 30.8 Å². The van der Waals surface area contributed by atoms with E-state index in [-0.39, 0.29) is 36.4 Å². The number of hydrogen-bond donors (Lipinski definition) is 1. The second-order valence-corrected chi connectivity index (χ2v) is 13.6. The van der Waals surface area contributed by atoms with E-state index in [4.69, 9.17) is 14.2 Å². The topological polar surface area (TPSA) is 94.7 Å². The monoisotopic (exact) mass is 629 g/mol. The first-order chi connectivity index (χ1) is 22.7. The minimum absolute atomic E-state index is 0.00169. The Morgan fingerprint density at radius 3 is 2.34 bits per heavy atom. The molecule has 0 amide bonds. The van der Waals surface area contributed by atoms with Gasteiger partial charge in [0.2, 0.25) is 0 Å². The third-order valence-electron chi connectivity index (χ3n) is 10.8. The van der Waals surface area contributed by atoms with Gasteiger partial charge < -0.3 is 19.2 Å². The number of allylic oxidation sites excluding steroid dienone is 2. The highest BCUT2D eigenvalue weighted by Gasteiger charge is 2.58. The first-order valence-corrected chi connectivity index (χ1v) is 16.3. The number of H-pyrrole nitrogens is 1. The predicted molar refractivity (Wildman–Crippen MR) is 179 cm³/mol. The van der Waals surface area contributed by atoms with E-state index < -0.39 is 23.5 Å².